The first-order chi connectivity index (χ1) is 9.72. The quantitative estimate of drug-likeness (QED) is 0.899. The SMILES string of the molecule is O=C(C[C@@H](c1ccc(Cl)cc1)n1cccc1)NC1CC1. The second-order valence-corrected chi connectivity index (χ2v) is 5.68. The van der Waals surface area contributed by atoms with Crippen LogP contribution in [0.3, 0.4) is 0 Å². The van der Waals surface area contributed by atoms with Crippen molar-refractivity contribution in [3.63, 3.8) is 0 Å². The molecule has 1 saturated carbocycles. The molecule has 1 aromatic heterocycles. The number of carbonyl (C=O) groups is 1. The van der Waals surface area contributed by atoms with E-state index >= 15 is 0 Å². The Bertz CT molecular complexity index is 573. The molecule has 0 bridgehead atoms. The molecule has 1 heterocycles. The van der Waals surface area contributed by atoms with Gasteiger partial charge in [0.15, 0.2) is 0 Å². The van der Waals surface area contributed by atoms with Crippen LogP contribution in [0.2, 0.25) is 5.02 Å². The number of halogens is 1. The summed E-state index contributed by atoms with van der Waals surface area (Å²) in [6.07, 6.45) is 6.65. The van der Waals surface area contributed by atoms with E-state index in [4.69, 9.17) is 11.6 Å². The molecule has 2 aromatic rings. The number of aromatic nitrogens is 1. The second-order valence-electron chi connectivity index (χ2n) is 5.24. The van der Waals surface area contributed by atoms with Gasteiger partial charge in [0.05, 0.1) is 12.5 Å². The molecule has 1 aliphatic rings. The van der Waals surface area contributed by atoms with Crippen molar-refractivity contribution in [2.24, 2.45) is 0 Å². The van der Waals surface area contributed by atoms with Crippen LogP contribution in [-0.4, -0.2) is 16.5 Å². The van der Waals surface area contributed by atoms with Crippen LogP contribution in [0.4, 0.5) is 0 Å². The van der Waals surface area contributed by atoms with Crippen LogP contribution < -0.4 is 5.32 Å². The van der Waals surface area contributed by atoms with Gasteiger partial charge in [0.2, 0.25) is 5.91 Å². The molecule has 20 heavy (non-hydrogen) atoms. The number of nitrogens with one attached hydrogen (secondary N) is 1. The van der Waals surface area contributed by atoms with Crippen molar-refractivity contribution in [3.05, 3.63) is 59.4 Å². The summed E-state index contributed by atoms with van der Waals surface area (Å²) in [5, 5.41) is 3.76. The van der Waals surface area contributed by atoms with Crippen LogP contribution in [0, 0.1) is 0 Å². The highest BCUT2D eigenvalue weighted by Gasteiger charge is 2.25. The van der Waals surface area contributed by atoms with E-state index in [2.05, 4.69) is 9.88 Å². The molecule has 0 saturated heterocycles. The monoisotopic (exact) mass is 288 g/mol. The van der Waals surface area contributed by atoms with E-state index in [0.717, 1.165) is 18.4 Å². The Morgan fingerprint density at radius 3 is 2.50 bits per heavy atom. The molecule has 0 aliphatic heterocycles. The predicted octanol–water partition coefficient (Wildman–Crippen LogP) is 3.40. The van der Waals surface area contributed by atoms with Crippen LogP contribution >= 0.6 is 11.6 Å². The summed E-state index contributed by atoms with van der Waals surface area (Å²) in [4.78, 5) is 12.1. The molecule has 104 valence electrons. The number of rotatable bonds is 5. The first-order valence-corrected chi connectivity index (χ1v) is 7.27. The molecule has 1 aromatic carbocycles. The number of amides is 1. The summed E-state index contributed by atoms with van der Waals surface area (Å²) in [5.74, 6) is 0.112. The summed E-state index contributed by atoms with van der Waals surface area (Å²) in [6, 6.07) is 12.1. The van der Waals surface area contributed by atoms with Crippen molar-refractivity contribution in [2.75, 3.05) is 0 Å². The topological polar surface area (TPSA) is 34.0 Å². The smallest absolute Gasteiger partial charge is 0.222 e. The Morgan fingerprint density at radius 2 is 1.90 bits per heavy atom. The van der Waals surface area contributed by atoms with Crippen molar-refractivity contribution >= 4 is 17.5 Å². The molecule has 1 atom stereocenters. The molecule has 1 fully saturated rings. The number of hydrogen-bond donors (Lipinski definition) is 1. The van der Waals surface area contributed by atoms with Gasteiger partial charge in [-0.05, 0) is 42.7 Å². The molecule has 0 radical (unpaired) electrons. The summed E-state index contributed by atoms with van der Waals surface area (Å²) in [5.41, 5.74) is 1.09. The predicted molar refractivity (Wildman–Crippen MR) is 79.8 cm³/mol. The Labute approximate surface area is 123 Å². The third-order valence-corrected chi connectivity index (χ3v) is 3.82. The molecule has 1 aliphatic carbocycles. The first-order valence-electron chi connectivity index (χ1n) is 6.89. The van der Waals surface area contributed by atoms with Gasteiger partial charge in [-0.15, -0.1) is 0 Å². The fourth-order valence-corrected chi connectivity index (χ4v) is 2.45. The minimum Gasteiger partial charge on any atom is -0.353 e. The maximum Gasteiger partial charge on any atom is 0.222 e. The van der Waals surface area contributed by atoms with Gasteiger partial charge in [-0.1, -0.05) is 23.7 Å². The average Bonchev–Trinajstić information content (AvgIpc) is 3.07. The highest BCUT2D eigenvalue weighted by molar-refractivity contribution is 6.30. The summed E-state index contributed by atoms with van der Waals surface area (Å²) in [7, 11) is 0. The van der Waals surface area contributed by atoms with Crippen molar-refractivity contribution in [1.82, 2.24) is 9.88 Å². The number of carbonyl (C=O) groups excluding carboxylic acids is 1. The third kappa shape index (κ3) is 3.23. The zero-order valence-corrected chi connectivity index (χ0v) is 11.9. The Balaban J connectivity index is 1.79. The number of nitrogens with zero attached hydrogens (tertiary/aromatic N) is 1. The highest BCUT2D eigenvalue weighted by Crippen LogP contribution is 2.25. The van der Waals surface area contributed by atoms with E-state index < -0.39 is 0 Å². The van der Waals surface area contributed by atoms with E-state index in [9.17, 15) is 4.79 Å². The molecule has 1 amide bonds. The van der Waals surface area contributed by atoms with Crippen molar-refractivity contribution < 1.29 is 4.79 Å². The van der Waals surface area contributed by atoms with Crippen molar-refractivity contribution in [1.29, 1.82) is 0 Å². The van der Waals surface area contributed by atoms with E-state index in [0.29, 0.717) is 17.5 Å². The highest BCUT2D eigenvalue weighted by atomic mass is 35.5. The second kappa shape index (κ2) is 5.71. The van der Waals surface area contributed by atoms with Crippen LogP contribution in [0.15, 0.2) is 48.8 Å². The van der Waals surface area contributed by atoms with Crippen molar-refractivity contribution in [3.8, 4) is 0 Å². The molecule has 4 heteroatoms. The van der Waals surface area contributed by atoms with Gasteiger partial charge in [-0.3, -0.25) is 4.79 Å². The fourth-order valence-electron chi connectivity index (χ4n) is 2.33. The summed E-state index contributed by atoms with van der Waals surface area (Å²) in [6.45, 7) is 0. The van der Waals surface area contributed by atoms with E-state index in [1.165, 1.54) is 0 Å². The van der Waals surface area contributed by atoms with Gasteiger partial charge in [-0.25, -0.2) is 0 Å². The minimum atomic E-state index is 0.0148. The largest absolute Gasteiger partial charge is 0.353 e. The van der Waals surface area contributed by atoms with Gasteiger partial charge in [0.25, 0.3) is 0 Å². The van der Waals surface area contributed by atoms with Gasteiger partial charge < -0.3 is 9.88 Å². The molecule has 3 nitrogen and oxygen atoms in total. The van der Waals surface area contributed by atoms with Gasteiger partial charge in [0, 0.05) is 23.5 Å². The lowest BCUT2D eigenvalue weighted by Crippen LogP contribution is -2.28. The Kier molecular flexibility index (Phi) is 3.79. The lowest BCUT2D eigenvalue weighted by molar-refractivity contribution is -0.121. The molecule has 0 spiro atoms. The molecular weight excluding hydrogens is 272 g/mol. The Hall–Kier alpha value is -1.74. The number of hydrogen-bond acceptors (Lipinski definition) is 1. The third-order valence-electron chi connectivity index (χ3n) is 3.56. The maximum absolute atomic E-state index is 12.1. The summed E-state index contributed by atoms with van der Waals surface area (Å²) >= 11 is 5.94. The van der Waals surface area contributed by atoms with E-state index in [1.54, 1.807) is 0 Å². The molecule has 0 unspecified atom stereocenters. The number of benzene rings is 1. The maximum atomic E-state index is 12.1. The van der Waals surface area contributed by atoms with Gasteiger partial charge in [-0.2, -0.15) is 0 Å². The molecular formula is C16H17ClN2O. The van der Waals surface area contributed by atoms with Gasteiger partial charge in [0.1, 0.15) is 0 Å². The van der Waals surface area contributed by atoms with Crippen molar-refractivity contribution in [2.45, 2.75) is 31.3 Å². The van der Waals surface area contributed by atoms with Crippen LogP contribution in [0.1, 0.15) is 30.9 Å². The average molecular weight is 289 g/mol. The Morgan fingerprint density at radius 1 is 1.25 bits per heavy atom. The zero-order chi connectivity index (χ0) is 13.9. The van der Waals surface area contributed by atoms with E-state index in [1.807, 2.05) is 48.8 Å². The molecule has 1 N–H and O–H groups in total. The fraction of sp³-hybridized carbons (Fsp3) is 0.312. The van der Waals surface area contributed by atoms with Crippen LogP contribution in [0.25, 0.3) is 0 Å². The van der Waals surface area contributed by atoms with Crippen LogP contribution in [0.5, 0.6) is 0 Å². The lowest BCUT2D eigenvalue weighted by atomic mass is 10.0. The molecule has 3 rings (SSSR count). The summed E-state index contributed by atoms with van der Waals surface area (Å²) < 4.78 is 2.07. The lowest BCUT2D eigenvalue weighted by Gasteiger charge is -2.19. The van der Waals surface area contributed by atoms with Gasteiger partial charge >= 0.3 is 0 Å². The van der Waals surface area contributed by atoms with E-state index in [-0.39, 0.29) is 11.9 Å². The first kappa shape index (κ1) is 13.3. The standard InChI is InChI=1S/C16H17ClN2O/c17-13-5-3-12(4-6-13)15(19-9-1-2-10-19)11-16(20)18-14-7-8-14/h1-6,9-10,14-15H,7-8,11H2,(H,18,20)/t15-/m0/s1. The minimum absolute atomic E-state index is 0.0148. The zero-order valence-electron chi connectivity index (χ0n) is 11.1. The normalized spacial score (nSPS) is 15.8. The van der Waals surface area contributed by atoms with Crippen LogP contribution in [-0.2, 0) is 4.79 Å².